The third-order valence-electron chi connectivity index (χ3n) is 4.06. The Kier molecular flexibility index (Phi) is 10.2. The molecule has 0 aliphatic carbocycles. The number of furan rings is 1. The monoisotopic (exact) mass is 531 g/mol. The minimum absolute atomic E-state index is 0. The maximum atomic E-state index is 12.6. The van der Waals surface area contributed by atoms with Crippen molar-refractivity contribution in [2.24, 2.45) is 4.99 Å². The van der Waals surface area contributed by atoms with Crippen molar-refractivity contribution in [1.82, 2.24) is 20.5 Å². The highest BCUT2D eigenvalue weighted by Crippen LogP contribution is 2.29. The number of hydrogen-bond acceptors (Lipinski definition) is 5. The largest absolute Gasteiger partial charge is 0.468 e. The summed E-state index contributed by atoms with van der Waals surface area (Å²) in [4.78, 5) is 9.97. The second-order valence-corrected chi connectivity index (χ2v) is 6.63. The Hall–Kier alpha value is -1.34. The molecule has 0 fully saturated rings. The van der Waals surface area contributed by atoms with Crippen molar-refractivity contribution in [3.05, 3.63) is 40.2 Å². The van der Waals surface area contributed by atoms with E-state index in [1.807, 2.05) is 12.1 Å². The van der Waals surface area contributed by atoms with E-state index in [2.05, 4.69) is 39.4 Å². The van der Waals surface area contributed by atoms with Gasteiger partial charge in [-0.2, -0.15) is 13.2 Å². The fourth-order valence-electron chi connectivity index (χ4n) is 2.65. The van der Waals surface area contributed by atoms with Gasteiger partial charge in [-0.15, -0.1) is 35.3 Å². The molecule has 0 radical (unpaired) electrons. The average Bonchev–Trinajstić information content (AvgIpc) is 3.32. The van der Waals surface area contributed by atoms with Crippen LogP contribution in [0.5, 0.6) is 0 Å². The van der Waals surface area contributed by atoms with Crippen molar-refractivity contribution in [2.75, 3.05) is 26.7 Å². The number of aliphatic imine (C=N–C) groups is 1. The molecule has 0 aliphatic rings. The summed E-state index contributed by atoms with van der Waals surface area (Å²) in [7, 11) is 1.61. The van der Waals surface area contributed by atoms with Gasteiger partial charge in [-0.05, 0) is 25.2 Å². The van der Waals surface area contributed by atoms with E-state index in [1.54, 1.807) is 13.3 Å². The van der Waals surface area contributed by atoms with E-state index in [-0.39, 0.29) is 36.6 Å². The van der Waals surface area contributed by atoms with Gasteiger partial charge in [-0.1, -0.05) is 13.8 Å². The lowest BCUT2D eigenvalue weighted by Gasteiger charge is -2.28. The molecule has 0 spiro atoms. The van der Waals surface area contributed by atoms with Gasteiger partial charge in [0, 0.05) is 19.0 Å². The maximum absolute atomic E-state index is 12.6. The lowest BCUT2D eigenvalue weighted by Crippen LogP contribution is -2.42. The van der Waals surface area contributed by atoms with Crippen LogP contribution in [0.3, 0.4) is 0 Å². The first-order valence-corrected chi connectivity index (χ1v) is 9.50. The van der Waals surface area contributed by atoms with Crippen LogP contribution in [0.15, 0.2) is 33.2 Å². The Bertz CT molecular complexity index is 717. The molecule has 2 rings (SSSR count). The van der Waals surface area contributed by atoms with Gasteiger partial charge in [0.05, 0.1) is 18.8 Å². The van der Waals surface area contributed by atoms with E-state index in [0.717, 1.165) is 35.6 Å². The van der Waals surface area contributed by atoms with Crippen LogP contribution in [0.1, 0.15) is 36.4 Å². The number of alkyl halides is 3. The first kappa shape index (κ1) is 24.7. The molecule has 0 saturated carbocycles. The highest BCUT2D eigenvalue weighted by atomic mass is 127. The average molecular weight is 531 g/mol. The van der Waals surface area contributed by atoms with Crippen molar-refractivity contribution in [1.29, 1.82) is 0 Å². The number of halogens is 4. The van der Waals surface area contributed by atoms with Crippen molar-refractivity contribution in [3.63, 3.8) is 0 Å². The Morgan fingerprint density at radius 3 is 2.54 bits per heavy atom. The van der Waals surface area contributed by atoms with Crippen molar-refractivity contribution < 1.29 is 17.6 Å². The summed E-state index contributed by atoms with van der Waals surface area (Å²) in [6.07, 6.45) is -2.78. The Labute approximate surface area is 183 Å². The van der Waals surface area contributed by atoms with Gasteiger partial charge >= 0.3 is 6.18 Å². The normalized spacial score (nSPS) is 13.3. The van der Waals surface area contributed by atoms with Gasteiger partial charge in [-0.25, -0.2) is 4.98 Å². The summed E-state index contributed by atoms with van der Waals surface area (Å²) in [5, 5.41) is 7.56. The van der Waals surface area contributed by atoms with Crippen LogP contribution in [0.25, 0.3) is 0 Å². The first-order valence-electron chi connectivity index (χ1n) is 8.62. The van der Waals surface area contributed by atoms with Crippen LogP contribution >= 0.6 is 35.3 Å². The zero-order valence-electron chi connectivity index (χ0n) is 15.9. The van der Waals surface area contributed by atoms with E-state index in [1.165, 1.54) is 0 Å². The molecule has 0 aliphatic heterocycles. The molecular formula is C17H25F3IN5OS. The van der Waals surface area contributed by atoms with Crippen LogP contribution in [0.4, 0.5) is 13.2 Å². The van der Waals surface area contributed by atoms with Gasteiger partial charge in [0.1, 0.15) is 10.8 Å². The molecule has 2 heterocycles. The maximum Gasteiger partial charge on any atom is 0.434 e. The SMILES string of the molecule is CCN(CC)C(CNC(=NC)NCc1nc(C(F)(F)F)cs1)c1ccco1.I. The summed E-state index contributed by atoms with van der Waals surface area (Å²) in [6, 6.07) is 3.79. The first-order chi connectivity index (χ1) is 12.9. The van der Waals surface area contributed by atoms with E-state index in [9.17, 15) is 13.2 Å². The van der Waals surface area contributed by atoms with Crippen LogP contribution < -0.4 is 10.6 Å². The summed E-state index contributed by atoms with van der Waals surface area (Å²) >= 11 is 0.964. The van der Waals surface area contributed by atoms with Gasteiger partial charge in [0.15, 0.2) is 11.7 Å². The second-order valence-electron chi connectivity index (χ2n) is 5.68. The summed E-state index contributed by atoms with van der Waals surface area (Å²) in [5.74, 6) is 1.33. The number of nitrogens with zero attached hydrogens (tertiary/aromatic N) is 3. The zero-order valence-corrected chi connectivity index (χ0v) is 19.1. The number of rotatable bonds is 8. The molecule has 6 nitrogen and oxygen atoms in total. The van der Waals surface area contributed by atoms with Crippen LogP contribution in [-0.4, -0.2) is 42.5 Å². The highest BCUT2D eigenvalue weighted by molar-refractivity contribution is 14.0. The number of nitrogens with one attached hydrogen (secondary N) is 2. The Balaban J connectivity index is 0.00000392. The molecule has 0 saturated heterocycles. The van der Waals surface area contributed by atoms with Gasteiger partial charge in [0.25, 0.3) is 0 Å². The van der Waals surface area contributed by atoms with E-state index in [4.69, 9.17) is 4.42 Å². The molecule has 0 amide bonds. The van der Waals surface area contributed by atoms with Gasteiger partial charge in [0.2, 0.25) is 0 Å². The molecule has 1 unspecified atom stereocenters. The van der Waals surface area contributed by atoms with E-state index >= 15 is 0 Å². The van der Waals surface area contributed by atoms with Crippen LogP contribution in [-0.2, 0) is 12.7 Å². The predicted octanol–water partition coefficient (Wildman–Crippen LogP) is 4.12. The fourth-order valence-corrected chi connectivity index (χ4v) is 3.39. The number of guanidine groups is 1. The lowest BCUT2D eigenvalue weighted by atomic mass is 10.2. The molecular weight excluding hydrogens is 506 g/mol. The number of aromatic nitrogens is 1. The van der Waals surface area contributed by atoms with Crippen molar-refractivity contribution in [2.45, 2.75) is 32.6 Å². The molecule has 1 atom stereocenters. The van der Waals surface area contributed by atoms with Crippen LogP contribution in [0, 0.1) is 0 Å². The number of hydrogen-bond donors (Lipinski definition) is 2. The fraction of sp³-hybridized carbons (Fsp3) is 0.529. The molecule has 2 aromatic heterocycles. The van der Waals surface area contributed by atoms with Crippen molar-refractivity contribution >= 4 is 41.3 Å². The quantitative estimate of drug-likeness (QED) is 0.305. The summed E-state index contributed by atoms with van der Waals surface area (Å²) in [5.41, 5.74) is -0.869. The van der Waals surface area contributed by atoms with Gasteiger partial charge < -0.3 is 15.1 Å². The minimum atomic E-state index is -4.42. The van der Waals surface area contributed by atoms with Crippen molar-refractivity contribution in [3.8, 4) is 0 Å². The predicted molar refractivity (Wildman–Crippen MR) is 115 cm³/mol. The van der Waals surface area contributed by atoms with E-state index < -0.39 is 11.9 Å². The molecule has 28 heavy (non-hydrogen) atoms. The Morgan fingerprint density at radius 1 is 1.32 bits per heavy atom. The molecule has 11 heteroatoms. The Morgan fingerprint density at radius 2 is 2.04 bits per heavy atom. The number of likely N-dealkylation sites (N-methyl/N-ethyl adjacent to an activating group) is 1. The third-order valence-corrected chi connectivity index (χ3v) is 4.91. The number of thiazole rings is 1. The van der Waals surface area contributed by atoms with E-state index in [0.29, 0.717) is 17.5 Å². The molecule has 2 aromatic rings. The minimum Gasteiger partial charge on any atom is -0.468 e. The molecule has 0 bridgehead atoms. The standard InChI is InChI=1S/C17H24F3N5OS.HI/c1-4-25(5-2)12(13-7-6-8-26-13)9-22-16(21-3)23-10-15-24-14(11-27-15)17(18,19)20;/h6-8,11-12H,4-5,9-10H2,1-3H3,(H2,21,22,23);1H. The third kappa shape index (κ3) is 6.92. The second kappa shape index (κ2) is 11.6. The topological polar surface area (TPSA) is 65.7 Å². The smallest absolute Gasteiger partial charge is 0.434 e. The summed E-state index contributed by atoms with van der Waals surface area (Å²) in [6.45, 7) is 6.57. The molecule has 2 N–H and O–H groups in total. The molecule has 0 aromatic carbocycles. The highest BCUT2D eigenvalue weighted by Gasteiger charge is 2.33. The van der Waals surface area contributed by atoms with Crippen LogP contribution in [0.2, 0.25) is 0 Å². The summed E-state index contributed by atoms with van der Waals surface area (Å²) < 4.78 is 43.4. The van der Waals surface area contributed by atoms with Gasteiger partial charge in [-0.3, -0.25) is 9.89 Å². The zero-order chi connectivity index (χ0) is 19.9. The molecule has 158 valence electrons. The lowest BCUT2D eigenvalue weighted by molar-refractivity contribution is -0.140.